The predicted molar refractivity (Wildman–Crippen MR) is 104 cm³/mol. The first-order chi connectivity index (χ1) is 12.0. The number of nitrogens with one attached hydrogen (secondary N) is 2. The van der Waals surface area contributed by atoms with Gasteiger partial charge >= 0.3 is 0 Å². The van der Waals surface area contributed by atoms with Gasteiger partial charge in [0.1, 0.15) is 5.75 Å². The first-order valence-corrected chi connectivity index (χ1v) is 8.92. The number of anilines is 2. The van der Waals surface area contributed by atoms with E-state index >= 15 is 0 Å². The molecule has 0 bridgehead atoms. The van der Waals surface area contributed by atoms with Gasteiger partial charge in [-0.05, 0) is 62.1 Å². The lowest BCUT2D eigenvalue weighted by Crippen LogP contribution is -2.22. The van der Waals surface area contributed by atoms with Crippen molar-refractivity contribution in [1.82, 2.24) is 0 Å². The number of benzene rings is 2. The molecule has 1 atom stereocenters. The van der Waals surface area contributed by atoms with E-state index in [1.165, 1.54) is 5.56 Å². The Morgan fingerprint density at radius 3 is 2.48 bits per heavy atom. The molecule has 2 N–H and O–H groups in total. The monoisotopic (exact) mass is 340 g/mol. The van der Waals surface area contributed by atoms with Gasteiger partial charge in [-0.15, -0.1) is 0 Å². The molecule has 2 rings (SSSR count). The Bertz CT molecular complexity index is 696. The van der Waals surface area contributed by atoms with Crippen LogP contribution in [0.1, 0.15) is 38.3 Å². The average molecular weight is 340 g/mol. The first kappa shape index (κ1) is 18.8. The van der Waals surface area contributed by atoms with E-state index in [9.17, 15) is 4.79 Å². The van der Waals surface area contributed by atoms with Crippen molar-refractivity contribution >= 4 is 17.3 Å². The van der Waals surface area contributed by atoms with Gasteiger partial charge in [0, 0.05) is 11.4 Å². The summed E-state index contributed by atoms with van der Waals surface area (Å²) in [6, 6.07) is 13.7. The molecule has 4 heteroatoms. The molecule has 1 amide bonds. The predicted octanol–water partition coefficient (Wildman–Crippen LogP) is 4.79. The maximum atomic E-state index is 12.2. The summed E-state index contributed by atoms with van der Waals surface area (Å²) >= 11 is 0. The van der Waals surface area contributed by atoms with Gasteiger partial charge < -0.3 is 15.4 Å². The number of carbonyl (C=O) groups excluding carboxylic acids is 1. The molecule has 1 unspecified atom stereocenters. The molecular weight excluding hydrogens is 312 g/mol. The molecule has 0 spiro atoms. The fourth-order valence-electron chi connectivity index (χ4n) is 2.58. The molecule has 0 aliphatic rings. The molecular formula is C21H28N2O2. The summed E-state index contributed by atoms with van der Waals surface area (Å²) in [5.41, 5.74) is 4.19. The largest absolute Gasteiger partial charge is 0.491 e. The second-order valence-electron chi connectivity index (χ2n) is 6.23. The highest BCUT2D eigenvalue weighted by Gasteiger charge is 2.07. The van der Waals surface area contributed by atoms with Crippen LogP contribution in [0.3, 0.4) is 0 Å². The van der Waals surface area contributed by atoms with Crippen LogP contribution < -0.4 is 15.4 Å². The number of carbonyl (C=O) groups is 1. The van der Waals surface area contributed by atoms with E-state index in [1.54, 1.807) is 0 Å². The van der Waals surface area contributed by atoms with Crippen molar-refractivity contribution in [3.8, 4) is 5.75 Å². The summed E-state index contributed by atoms with van der Waals surface area (Å²) in [6.07, 6.45) is 2.08. The Kier molecular flexibility index (Phi) is 6.87. The van der Waals surface area contributed by atoms with Crippen molar-refractivity contribution in [3.05, 3.63) is 53.6 Å². The fourth-order valence-corrected chi connectivity index (χ4v) is 2.58. The molecule has 0 saturated carbocycles. The highest BCUT2D eigenvalue weighted by atomic mass is 16.5. The molecule has 25 heavy (non-hydrogen) atoms. The zero-order valence-electron chi connectivity index (χ0n) is 15.6. The molecule has 0 radical (unpaired) electrons. The smallest absolute Gasteiger partial charge is 0.243 e. The molecule has 0 aliphatic carbocycles. The summed E-state index contributed by atoms with van der Waals surface area (Å²) in [5, 5.41) is 6.17. The lowest BCUT2D eigenvalue weighted by atomic mass is 10.1. The molecule has 0 saturated heterocycles. The lowest BCUT2D eigenvalue weighted by molar-refractivity contribution is -0.114. The number of hydrogen-bond acceptors (Lipinski definition) is 3. The summed E-state index contributed by atoms with van der Waals surface area (Å²) in [5.74, 6) is 0.749. The molecule has 0 heterocycles. The van der Waals surface area contributed by atoms with Gasteiger partial charge in [0.15, 0.2) is 0 Å². The van der Waals surface area contributed by atoms with Crippen LogP contribution in [-0.4, -0.2) is 18.6 Å². The molecule has 4 nitrogen and oxygen atoms in total. The second kappa shape index (κ2) is 9.11. The maximum Gasteiger partial charge on any atom is 0.243 e. The Hall–Kier alpha value is -2.49. The fraction of sp³-hybridized carbons (Fsp3) is 0.381. The zero-order valence-corrected chi connectivity index (χ0v) is 15.6. The Morgan fingerprint density at radius 2 is 1.84 bits per heavy atom. The Labute approximate surface area is 150 Å². The maximum absolute atomic E-state index is 12.2. The molecule has 2 aromatic rings. The van der Waals surface area contributed by atoms with E-state index in [0.717, 1.165) is 35.5 Å². The SMILES string of the molecule is CCc1cccc(C)c1NCC(=O)Nc1ccc(OC(C)CC)cc1. The average Bonchev–Trinajstić information content (AvgIpc) is 2.62. The number of rotatable bonds is 8. The number of para-hydroxylation sites is 1. The lowest BCUT2D eigenvalue weighted by Gasteiger charge is -2.15. The van der Waals surface area contributed by atoms with Gasteiger partial charge in [0.2, 0.25) is 5.91 Å². The van der Waals surface area contributed by atoms with E-state index in [1.807, 2.05) is 37.3 Å². The van der Waals surface area contributed by atoms with Crippen LogP contribution in [0.4, 0.5) is 11.4 Å². The van der Waals surface area contributed by atoms with E-state index in [0.29, 0.717) is 0 Å². The van der Waals surface area contributed by atoms with Crippen molar-refractivity contribution < 1.29 is 9.53 Å². The Balaban J connectivity index is 1.90. The van der Waals surface area contributed by atoms with Crippen molar-refractivity contribution in [2.75, 3.05) is 17.2 Å². The van der Waals surface area contributed by atoms with Gasteiger partial charge in [-0.25, -0.2) is 0 Å². The van der Waals surface area contributed by atoms with Crippen molar-refractivity contribution in [3.63, 3.8) is 0 Å². The second-order valence-corrected chi connectivity index (χ2v) is 6.23. The minimum atomic E-state index is -0.0686. The number of ether oxygens (including phenoxy) is 1. The summed E-state index contributed by atoms with van der Waals surface area (Å²) < 4.78 is 5.74. The van der Waals surface area contributed by atoms with Crippen LogP contribution in [-0.2, 0) is 11.2 Å². The van der Waals surface area contributed by atoms with Crippen LogP contribution in [0.15, 0.2) is 42.5 Å². The quantitative estimate of drug-likeness (QED) is 0.727. The van der Waals surface area contributed by atoms with Gasteiger partial charge in [0.05, 0.1) is 12.6 Å². The normalized spacial score (nSPS) is 11.7. The molecule has 0 aliphatic heterocycles. The van der Waals surface area contributed by atoms with Crippen molar-refractivity contribution in [2.24, 2.45) is 0 Å². The summed E-state index contributed by atoms with van der Waals surface area (Å²) in [7, 11) is 0. The van der Waals surface area contributed by atoms with Gasteiger partial charge in [-0.2, -0.15) is 0 Å². The third-order valence-electron chi connectivity index (χ3n) is 4.22. The molecule has 0 aromatic heterocycles. The third kappa shape index (κ3) is 5.52. The van der Waals surface area contributed by atoms with Crippen molar-refractivity contribution in [1.29, 1.82) is 0 Å². The molecule has 134 valence electrons. The van der Waals surface area contributed by atoms with Crippen LogP contribution in [0, 0.1) is 6.92 Å². The zero-order chi connectivity index (χ0) is 18.2. The number of aryl methyl sites for hydroxylation is 2. The van der Waals surface area contributed by atoms with Gasteiger partial charge in [-0.3, -0.25) is 4.79 Å². The minimum Gasteiger partial charge on any atom is -0.491 e. The topological polar surface area (TPSA) is 50.4 Å². The van der Waals surface area contributed by atoms with E-state index in [4.69, 9.17) is 4.74 Å². The van der Waals surface area contributed by atoms with Gasteiger partial charge in [0.25, 0.3) is 0 Å². The number of amides is 1. The number of hydrogen-bond donors (Lipinski definition) is 2. The Morgan fingerprint density at radius 1 is 1.12 bits per heavy atom. The van der Waals surface area contributed by atoms with E-state index < -0.39 is 0 Å². The van der Waals surface area contributed by atoms with Crippen LogP contribution in [0.5, 0.6) is 5.75 Å². The molecule has 2 aromatic carbocycles. The van der Waals surface area contributed by atoms with E-state index in [2.05, 4.69) is 43.5 Å². The minimum absolute atomic E-state index is 0.0686. The van der Waals surface area contributed by atoms with Crippen molar-refractivity contribution in [2.45, 2.75) is 46.6 Å². The summed E-state index contributed by atoms with van der Waals surface area (Å²) in [4.78, 5) is 12.2. The summed E-state index contributed by atoms with van der Waals surface area (Å²) in [6.45, 7) is 8.53. The van der Waals surface area contributed by atoms with Crippen LogP contribution >= 0.6 is 0 Å². The van der Waals surface area contributed by atoms with Crippen LogP contribution in [0.2, 0.25) is 0 Å². The highest BCUT2D eigenvalue weighted by molar-refractivity contribution is 5.94. The standard InChI is InChI=1S/C21H28N2O2/c1-5-16(4)25-19-12-10-18(11-13-19)23-20(24)14-22-21-15(3)8-7-9-17(21)6-2/h7-13,16,22H,5-6,14H2,1-4H3,(H,23,24). The highest BCUT2D eigenvalue weighted by Crippen LogP contribution is 2.21. The third-order valence-corrected chi connectivity index (χ3v) is 4.22. The van der Waals surface area contributed by atoms with Gasteiger partial charge in [-0.1, -0.05) is 32.0 Å². The first-order valence-electron chi connectivity index (χ1n) is 8.92. The molecule has 0 fully saturated rings. The van der Waals surface area contributed by atoms with Crippen LogP contribution in [0.25, 0.3) is 0 Å². The van der Waals surface area contributed by atoms with E-state index in [-0.39, 0.29) is 18.6 Å².